The molecule has 0 unspecified atom stereocenters. The molecule has 4 nitrogen and oxygen atoms in total. The molecular formula is C24H32O4Se. The SMILES string of the molecule is CCOC(=O)C=C(C)C#C[Se]c1cc(OCOC)c2c(c1)C(C)(C)CCC2(C)C. The third-order valence-electron chi connectivity index (χ3n) is 5.23. The summed E-state index contributed by atoms with van der Waals surface area (Å²) in [6.07, 6.45) is 3.71. The summed E-state index contributed by atoms with van der Waals surface area (Å²) in [5.41, 5.74) is 3.50. The number of hydrogen-bond acceptors (Lipinski definition) is 4. The fourth-order valence-corrected chi connectivity index (χ4v) is 4.97. The maximum absolute atomic E-state index is 11.5. The third-order valence-corrected chi connectivity index (χ3v) is 6.64. The van der Waals surface area contributed by atoms with Crippen LogP contribution in [0.2, 0.25) is 0 Å². The van der Waals surface area contributed by atoms with E-state index in [0.29, 0.717) is 12.2 Å². The molecule has 5 heteroatoms. The zero-order chi connectivity index (χ0) is 21.7. The minimum absolute atomic E-state index is 0.0539. The molecule has 0 spiro atoms. The summed E-state index contributed by atoms with van der Waals surface area (Å²) in [5.74, 6) is 3.63. The maximum atomic E-state index is 11.5. The number of fused-ring (bicyclic) bond motifs is 1. The second-order valence-corrected chi connectivity index (χ2v) is 10.4. The predicted octanol–water partition coefficient (Wildman–Crippen LogP) is 3.82. The summed E-state index contributed by atoms with van der Waals surface area (Å²) in [5, 5.41) is 0. The molecule has 0 atom stereocenters. The van der Waals surface area contributed by atoms with Crippen LogP contribution in [0.15, 0.2) is 23.8 Å². The van der Waals surface area contributed by atoms with Crippen LogP contribution in [0.25, 0.3) is 0 Å². The Balaban J connectivity index is 2.38. The summed E-state index contributed by atoms with van der Waals surface area (Å²) >= 11 is -0.0539. The standard InChI is InChI=1S/C24H32O4Se/c1-8-27-21(25)13-17(2)9-12-29-18-14-19-22(20(15-18)28-16-26-7)24(5,6)11-10-23(19,3)4/h13-15H,8,10-11,16H2,1-7H3. The van der Waals surface area contributed by atoms with Crippen LogP contribution < -0.4 is 9.20 Å². The van der Waals surface area contributed by atoms with E-state index in [2.05, 4.69) is 50.6 Å². The van der Waals surface area contributed by atoms with E-state index in [4.69, 9.17) is 14.2 Å². The number of allylic oxidation sites excluding steroid dienone is 1. The van der Waals surface area contributed by atoms with Crippen molar-refractivity contribution in [3.63, 3.8) is 0 Å². The first kappa shape index (κ1) is 23.5. The molecule has 0 bridgehead atoms. The third kappa shape index (κ3) is 6.12. The van der Waals surface area contributed by atoms with Crippen molar-refractivity contribution in [2.45, 2.75) is 65.2 Å². The second-order valence-electron chi connectivity index (χ2n) is 8.57. The Bertz CT molecular complexity index is 840. The minimum atomic E-state index is -0.347. The van der Waals surface area contributed by atoms with Crippen molar-refractivity contribution in [2.75, 3.05) is 20.5 Å². The summed E-state index contributed by atoms with van der Waals surface area (Å²) < 4.78 is 17.3. The molecular weight excluding hydrogens is 431 g/mol. The van der Waals surface area contributed by atoms with Gasteiger partial charge in [0.15, 0.2) is 0 Å². The quantitative estimate of drug-likeness (QED) is 0.212. The van der Waals surface area contributed by atoms with Gasteiger partial charge in [-0.05, 0) is 0 Å². The van der Waals surface area contributed by atoms with Crippen molar-refractivity contribution in [1.82, 2.24) is 0 Å². The van der Waals surface area contributed by atoms with E-state index in [1.807, 2.05) is 6.92 Å². The van der Waals surface area contributed by atoms with Crippen molar-refractivity contribution in [2.24, 2.45) is 0 Å². The molecule has 0 saturated carbocycles. The van der Waals surface area contributed by atoms with Gasteiger partial charge in [0.05, 0.1) is 0 Å². The number of carbonyl (C=O) groups excluding carboxylic acids is 1. The molecule has 0 fully saturated rings. The predicted molar refractivity (Wildman–Crippen MR) is 118 cm³/mol. The van der Waals surface area contributed by atoms with Crippen LogP contribution in [0.4, 0.5) is 0 Å². The molecule has 1 aromatic carbocycles. The van der Waals surface area contributed by atoms with Gasteiger partial charge in [0.25, 0.3) is 0 Å². The normalized spacial score (nSPS) is 17.0. The average molecular weight is 463 g/mol. The number of carbonyl (C=O) groups is 1. The molecule has 1 aromatic rings. The molecule has 0 heterocycles. The first-order valence-electron chi connectivity index (χ1n) is 9.94. The van der Waals surface area contributed by atoms with Crippen LogP contribution in [0, 0.1) is 10.7 Å². The zero-order valence-electron chi connectivity index (χ0n) is 18.6. The van der Waals surface area contributed by atoms with E-state index in [9.17, 15) is 4.79 Å². The van der Waals surface area contributed by atoms with Crippen LogP contribution >= 0.6 is 0 Å². The Morgan fingerprint density at radius 3 is 2.55 bits per heavy atom. The summed E-state index contributed by atoms with van der Waals surface area (Å²) in [6.45, 7) is 13.4. The van der Waals surface area contributed by atoms with Crippen molar-refractivity contribution >= 4 is 25.4 Å². The van der Waals surface area contributed by atoms with E-state index >= 15 is 0 Å². The van der Waals surface area contributed by atoms with Gasteiger partial charge in [-0.15, -0.1) is 0 Å². The molecule has 0 saturated heterocycles. The van der Waals surface area contributed by atoms with Gasteiger partial charge in [-0.3, -0.25) is 0 Å². The Morgan fingerprint density at radius 1 is 1.21 bits per heavy atom. The zero-order valence-corrected chi connectivity index (χ0v) is 20.3. The van der Waals surface area contributed by atoms with E-state index < -0.39 is 0 Å². The Hall–Kier alpha value is -1.73. The van der Waals surface area contributed by atoms with Crippen molar-refractivity contribution in [3.8, 4) is 16.5 Å². The van der Waals surface area contributed by atoms with Crippen LogP contribution in [-0.2, 0) is 25.1 Å². The fraction of sp³-hybridized carbons (Fsp3) is 0.542. The Kier molecular flexibility index (Phi) is 8.00. The molecule has 29 heavy (non-hydrogen) atoms. The molecule has 0 aromatic heterocycles. The summed E-state index contributed by atoms with van der Waals surface area (Å²) in [6, 6.07) is 4.41. The summed E-state index contributed by atoms with van der Waals surface area (Å²) in [7, 11) is 1.64. The van der Waals surface area contributed by atoms with E-state index in [1.165, 1.54) is 21.7 Å². The molecule has 0 amide bonds. The fourth-order valence-electron chi connectivity index (χ4n) is 3.56. The van der Waals surface area contributed by atoms with Gasteiger partial charge < -0.3 is 0 Å². The number of rotatable bonds is 6. The number of methoxy groups -OCH3 is 1. The molecule has 1 aliphatic carbocycles. The molecule has 1 aliphatic rings. The number of benzene rings is 1. The molecule has 2 rings (SSSR count). The van der Waals surface area contributed by atoms with E-state index in [-0.39, 0.29) is 38.5 Å². The van der Waals surface area contributed by atoms with Crippen molar-refractivity contribution in [3.05, 3.63) is 34.9 Å². The van der Waals surface area contributed by atoms with Crippen LogP contribution in [-0.4, -0.2) is 41.4 Å². The molecule has 0 N–H and O–H groups in total. The van der Waals surface area contributed by atoms with Crippen LogP contribution in [0.1, 0.15) is 65.5 Å². The van der Waals surface area contributed by atoms with Gasteiger partial charge in [0.1, 0.15) is 0 Å². The van der Waals surface area contributed by atoms with E-state index in [0.717, 1.165) is 18.6 Å². The Morgan fingerprint density at radius 2 is 1.90 bits per heavy atom. The van der Waals surface area contributed by atoms with Crippen molar-refractivity contribution < 1.29 is 19.0 Å². The second kappa shape index (κ2) is 9.85. The van der Waals surface area contributed by atoms with Gasteiger partial charge in [0.2, 0.25) is 0 Å². The molecule has 0 radical (unpaired) electrons. The number of hydrogen-bond donors (Lipinski definition) is 0. The number of ether oxygens (including phenoxy) is 3. The first-order valence-corrected chi connectivity index (χ1v) is 11.7. The van der Waals surface area contributed by atoms with E-state index in [1.54, 1.807) is 14.0 Å². The van der Waals surface area contributed by atoms with Gasteiger partial charge in [0, 0.05) is 0 Å². The van der Waals surface area contributed by atoms with Crippen molar-refractivity contribution in [1.29, 1.82) is 0 Å². The Labute approximate surface area is 181 Å². The van der Waals surface area contributed by atoms with Gasteiger partial charge in [-0.2, -0.15) is 0 Å². The summed E-state index contributed by atoms with van der Waals surface area (Å²) in [4.78, 5) is 14.8. The number of esters is 1. The first-order chi connectivity index (χ1) is 13.6. The molecule has 158 valence electrons. The van der Waals surface area contributed by atoms with Gasteiger partial charge >= 0.3 is 182 Å². The topological polar surface area (TPSA) is 44.8 Å². The van der Waals surface area contributed by atoms with Gasteiger partial charge in [-0.25, -0.2) is 0 Å². The van der Waals surface area contributed by atoms with Gasteiger partial charge in [-0.1, -0.05) is 0 Å². The van der Waals surface area contributed by atoms with Crippen LogP contribution in [0.3, 0.4) is 0 Å². The molecule has 0 aliphatic heterocycles. The average Bonchev–Trinajstić information content (AvgIpc) is 2.63. The van der Waals surface area contributed by atoms with Crippen LogP contribution in [0.5, 0.6) is 5.75 Å². The monoisotopic (exact) mass is 464 g/mol.